The molecular formula is C15H21F3N2O2S2. The summed E-state index contributed by atoms with van der Waals surface area (Å²) in [4.78, 5) is 2.16. The summed E-state index contributed by atoms with van der Waals surface area (Å²) >= 11 is -0.265. The number of alkyl halides is 3. The van der Waals surface area contributed by atoms with Crippen molar-refractivity contribution >= 4 is 21.8 Å². The van der Waals surface area contributed by atoms with Crippen molar-refractivity contribution in [2.75, 3.05) is 26.2 Å². The standard InChI is InChI=1S/C15H21F3N2O2S2/c1-12-3-2-9-20(11-12)10-8-19-24(21,22)14-6-4-13(5-7-14)23-15(16,17)18/h4-7,12,19H,2-3,8-11H2,1H3. The highest BCUT2D eigenvalue weighted by molar-refractivity contribution is 8.00. The first-order valence-corrected chi connectivity index (χ1v) is 10.0. The second-order valence-electron chi connectivity index (χ2n) is 5.96. The number of nitrogens with one attached hydrogen (secondary N) is 1. The molecule has 0 aliphatic carbocycles. The van der Waals surface area contributed by atoms with Crippen LogP contribution in [0.5, 0.6) is 0 Å². The molecule has 1 atom stereocenters. The molecule has 0 radical (unpaired) electrons. The van der Waals surface area contributed by atoms with Gasteiger partial charge >= 0.3 is 5.51 Å². The van der Waals surface area contributed by atoms with Gasteiger partial charge in [0, 0.05) is 24.5 Å². The van der Waals surface area contributed by atoms with Gasteiger partial charge in [0.25, 0.3) is 0 Å². The number of halogens is 3. The molecule has 0 bridgehead atoms. The van der Waals surface area contributed by atoms with Gasteiger partial charge in [0.05, 0.1) is 4.90 Å². The molecule has 1 aromatic carbocycles. The summed E-state index contributed by atoms with van der Waals surface area (Å²) in [6, 6.07) is 4.72. The predicted molar refractivity (Wildman–Crippen MR) is 88.4 cm³/mol. The van der Waals surface area contributed by atoms with Crippen LogP contribution in [0.1, 0.15) is 19.8 Å². The molecule has 0 spiro atoms. The van der Waals surface area contributed by atoms with Gasteiger partial charge in [-0.25, -0.2) is 13.1 Å². The van der Waals surface area contributed by atoms with Gasteiger partial charge in [-0.15, -0.1) is 0 Å². The molecule has 1 aromatic rings. The molecule has 1 saturated heterocycles. The van der Waals surface area contributed by atoms with Gasteiger partial charge in [0.1, 0.15) is 0 Å². The first-order valence-electron chi connectivity index (χ1n) is 7.73. The van der Waals surface area contributed by atoms with Crippen LogP contribution in [0.2, 0.25) is 0 Å². The highest BCUT2D eigenvalue weighted by atomic mass is 32.2. The van der Waals surface area contributed by atoms with Gasteiger partial charge in [0.15, 0.2) is 0 Å². The average molecular weight is 382 g/mol. The molecule has 1 fully saturated rings. The van der Waals surface area contributed by atoms with Crippen LogP contribution in [0.4, 0.5) is 13.2 Å². The van der Waals surface area contributed by atoms with E-state index < -0.39 is 15.5 Å². The van der Waals surface area contributed by atoms with Crippen molar-refractivity contribution in [3.8, 4) is 0 Å². The van der Waals surface area contributed by atoms with Crippen LogP contribution in [-0.2, 0) is 10.0 Å². The molecule has 136 valence electrons. The summed E-state index contributed by atoms with van der Waals surface area (Å²) in [5.74, 6) is 0.619. The third-order valence-corrected chi connectivity index (χ3v) is 6.05. The Morgan fingerprint density at radius 3 is 2.54 bits per heavy atom. The van der Waals surface area contributed by atoms with Crippen molar-refractivity contribution in [3.63, 3.8) is 0 Å². The maximum absolute atomic E-state index is 12.3. The Hall–Kier alpha value is -0.770. The quantitative estimate of drug-likeness (QED) is 0.767. The van der Waals surface area contributed by atoms with E-state index in [-0.39, 0.29) is 28.1 Å². The minimum absolute atomic E-state index is 0.0268. The summed E-state index contributed by atoms with van der Waals surface area (Å²) in [5.41, 5.74) is -4.38. The minimum atomic E-state index is -4.38. The van der Waals surface area contributed by atoms with Gasteiger partial charge < -0.3 is 4.90 Å². The normalized spacial score (nSPS) is 20.2. The second kappa shape index (κ2) is 8.07. The number of rotatable bonds is 6. The van der Waals surface area contributed by atoms with Crippen molar-refractivity contribution < 1.29 is 21.6 Å². The minimum Gasteiger partial charge on any atom is -0.302 e. The molecular weight excluding hydrogens is 361 g/mol. The Bertz CT molecular complexity index is 633. The first kappa shape index (κ1) is 19.6. The third-order valence-electron chi connectivity index (χ3n) is 3.83. The Labute approximate surface area is 144 Å². The van der Waals surface area contributed by atoms with E-state index in [4.69, 9.17) is 0 Å². The molecule has 1 N–H and O–H groups in total. The Morgan fingerprint density at radius 1 is 1.29 bits per heavy atom. The molecule has 9 heteroatoms. The van der Waals surface area contributed by atoms with Crippen molar-refractivity contribution in [2.24, 2.45) is 5.92 Å². The lowest BCUT2D eigenvalue weighted by Gasteiger charge is -2.30. The van der Waals surface area contributed by atoms with E-state index in [2.05, 4.69) is 16.5 Å². The van der Waals surface area contributed by atoms with E-state index >= 15 is 0 Å². The van der Waals surface area contributed by atoms with Gasteiger partial charge in [-0.2, -0.15) is 13.2 Å². The van der Waals surface area contributed by atoms with Gasteiger partial charge in [-0.05, 0) is 61.3 Å². The third kappa shape index (κ3) is 6.27. The number of nitrogens with zero attached hydrogens (tertiary/aromatic N) is 1. The fraction of sp³-hybridized carbons (Fsp3) is 0.600. The lowest BCUT2D eigenvalue weighted by molar-refractivity contribution is -0.0328. The maximum Gasteiger partial charge on any atom is 0.446 e. The molecule has 1 aliphatic heterocycles. The van der Waals surface area contributed by atoms with Gasteiger partial charge in [-0.3, -0.25) is 0 Å². The highest BCUT2D eigenvalue weighted by Crippen LogP contribution is 2.36. The first-order chi connectivity index (χ1) is 11.2. The van der Waals surface area contributed by atoms with Crippen LogP contribution in [-0.4, -0.2) is 45.0 Å². The van der Waals surface area contributed by atoms with Gasteiger partial charge in [-0.1, -0.05) is 6.92 Å². The summed E-state index contributed by atoms with van der Waals surface area (Å²) in [6.07, 6.45) is 2.32. The zero-order chi connectivity index (χ0) is 17.8. The smallest absolute Gasteiger partial charge is 0.302 e. The van der Waals surface area contributed by atoms with E-state index in [9.17, 15) is 21.6 Å². The monoisotopic (exact) mass is 382 g/mol. The maximum atomic E-state index is 12.3. The molecule has 1 heterocycles. The average Bonchev–Trinajstić information content (AvgIpc) is 2.46. The van der Waals surface area contributed by atoms with E-state index in [1.54, 1.807) is 0 Å². The van der Waals surface area contributed by atoms with Crippen LogP contribution >= 0.6 is 11.8 Å². The number of likely N-dealkylation sites (tertiary alicyclic amines) is 1. The number of hydrogen-bond donors (Lipinski definition) is 1. The SMILES string of the molecule is CC1CCCN(CCNS(=O)(=O)c2ccc(SC(F)(F)F)cc2)C1. The van der Waals surface area contributed by atoms with Crippen molar-refractivity contribution in [2.45, 2.75) is 35.1 Å². The van der Waals surface area contributed by atoms with Crippen LogP contribution in [0.15, 0.2) is 34.1 Å². The second-order valence-corrected chi connectivity index (χ2v) is 8.87. The largest absolute Gasteiger partial charge is 0.446 e. The number of sulfonamides is 1. The molecule has 0 amide bonds. The summed E-state index contributed by atoms with van der Waals surface area (Å²) < 4.78 is 63.7. The molecule has 1 aliphatic rings. The fourth-order valence-electron chi connectivity index (χ4n) is 2.73. The van der Waals surface area contributed by atoms with E-state index in [1.807, 2.05) is 0 Å². The highest BCUT2D eigenvalue weighted by Gasteiger charge is 2.29. The van der Waals surface area contributed by atoms with E-state index in [1.165, 1.54) is 30.7 Å². The van der Waals surface area contributed by atoms with Crippen LogP contribution in [0.25, 0.3) is 0 Å². The Balaban J connectivity index is 1.88. The molecule has 24 heavy (non-hydrogen) atoms. The molecule has 2 rings (SSSR count). The topological polar surface area (TPSA) is 49.4 Å². The Kier molecular flexibility index (Phi) is 6.58. The fourth-order valence-corrected chi connectivity index (χ4v) is 4.29. The predicted octanol–water partition coefficient (Wildman–Crippen LogP) is 3.31. The number of thioether (sulfide) groups is 1. The van der Waals surface area contributed by atoms with Crippen LogP contribution in [0.3, 0.4) is 0 Å². The number of benzene rings is 1. The number of hydrogen-bond acceptors (Lipinski definition) is 4. The molecule has 4 nitrogen and oxygen atoms in total. The van der Waals surface area contributed by atoms with Crippen LogP contribution in [0, 0.1) is 5.92 Å². The zero-order valence-corrected chi connectivity index (χ0v) is 15.0. The summed E-state index contributed by atoms with van der Waals surface area (Å²) in [5, 5.41) is 0. The zero-order valence-electron chi connectivity index (χ0n) is 13.3. The van der Waals surface area contributed by atoms with Gasteiger partial charge in [0.2, 0.25) is 10.0 Å². The Morgan fingerprint density at radius 2 is 1.96 bits per heavy atom. The summed E-state index contributed by atoms with van der Waals surface area (Å²) in [7, 11) is -3.70. The van der Waals surface area contributed by atoms with Crippen LogP contribution < -0.4 is 4.72 Å². The van der Waals surface area contributed by atoms with E-state index in [0.29, 0.717) is 12.5 Å². The molecule has 1 unspecified atom stereocenters. The lowest BCUT2D eigenvalue weighted by atomic mass is 10.0. The van der Waals surface area contributed by atoms with Crippen molar-refractivity contribution in [1.82, 2.24) is 9.62 Å². The number of piperidine rings is 1. The lowest BCUT2D eigenvalue weighted by Crippen LogP contribution is -2.40. The van der Waals surface area contributed by atoms with E-state index in [0.717, 1.165) is 19.5 Å². The molecule has 0 saturated carbocycles. The van der Waals surface area contributed by atoms with Crippen molar-refractivity contribution in [3.05, 3.63) is 24.3 Å². The summed E-state index contributed by atoms with van der Waals surface area (Å²) in [6.45, 7) is 5.02. The van der Waals surface area contributed by atoms with Crippen molar-refractivity contribution in [1.29, 1.82) is 0 Å². The molecule has 0 aromatic heterocycles.